The molecule has 0 unspecified atom stereocenters. The van der Waals surface area contributed by atoms with Crippen LogP contribution >= 0.6 is 11.6 Å². The molecule has 0 amide bonds. The summed E-state index contributed by atoms with van der Waals surface area (Å²) in [6, 6.07) is 19.9. The van der Waals surface area contributed by atoms with Crippen LogP contribution in [-0.2, 0) is 7.05 Å². The summed E-state index contributed by atoms with van der Waals surface area (Å²) in [5.41, 5.74) is 5.73. The minimum Gasteiger partial charge on any atom is -0.289 e. The number of carbonyl (C=O) groups is 1. The molecule has 1 heterocycles. The Balaban J connectivity index is 2.14. The minimum atomic E-state index is 0.0425. The molecule has 24 heavy (non-hydrogen) atoms. The van der Waals surface area contributed by atoms with E-state index in [-0.39, 0.29) is 5.78 Å². The highest BCUT2D eigenvalue weighted by Crippen LogP contribution is 2.42. The summed E-state index contributed by atoms with van der Waals surface area (Å²) in [7, 11) is 2.05. The predicted octanol–water partition coefficient (Wildman–Crippen LogP) is 4.68. The number of aromatic nitrogens is 1. The Morgan fingerprint density at radius 3 is 2.50 bits per heavy atom. The van der Waals surface area contributed by atoms with Gasteiger partial charge in [0, 0.05) is 33.8 Å². The average Bonchev–Trinajstić information content (AvgIpc) is 2.61. The van der Waals surface area contributed by atoms with Crippen LogP contribution in [-0.4, -0.2) is 5.78 Å². The van der Waals surface area contributed by atoms with E-state index >= 15 is 0 Å². The summed E-state index contributed by atoms with van der Waals surface area (Å²) in [5, 5.41) is 2.76. The second kappa shape index (κ2) is 4.65. The van der Waals surface area contributed by atoms with Crippen molar-refractivity contribution >= 4 is 39.2 Å². The number of aryl methyl sites for hydroxylation is 1. The molecule has 4 aromatic rings. The number of nitrogens with zero attached hydrogens (tertiary/aromatic N) is 1. The van der Waals surface area contributed by atoms with Crippen molar-refractivity contribution < 1.29 is 9.36 Å². The lowest BCUT2D eigenvalue weighted by Gasteiger charge is -2.20. The van der Waals surface area contributed by atoms with E-state index in [1.165, 1.54) is 0 Å². The number of ketones is 1. The first-order valence-electron chi connectivity index (χ1n) is 7.85. The van der Waals surface area contributed by atoms with Crippen molar-refractivity contribution in [1.29, 1.82) is 0 Å². The zero-order valence-corrected chi connectivity index (χ0v) is 13.8. The number of halogens is 1. The van der Waals surface area contributed by atoms with Crippen LogP contribution in [0.25, 0.3) is 32.9 Å². The minimum absolute atomic E-state index is 0.0425. The van der Waals surface area contributed by atoms with E-state index in [0.29, 0.717) is 10.6 Å². The lowest BCUT2D eigenvalue weighted by molar-refractivity contribution is -0.617. The van der Waals surface area contributed by atoms with Gasteiger partial charge in [-0.3, -0.25) is 4.79 Å². The van der Waals surface area contributed by atoms with E-state index in [0.717, 1.165) is 38.5 Å². The molecule has 0 fully saturated rings. The van der Waals surface area contributed by atoms with E-state index in [9.17, 15) is 4.79 Å². The average molecular weight is 331 g/mol. The first kappa shape index (κ1) is 13.7. The lowest BCUT2D eigenvalue weighted by atomic mass is 9.82. The smallest absolute Gasteiger partial charge is 0.214 e. The van der Waals surface area contributed by atoms with E-state index in [1.807, 2.05) is 43.4 Å². The summed E-state index contributed by atoms with van der Waals surface area (Å²) >= 11 is 6.16. The molecule has 0 bridgehead atoms. The number of fused-ring (bicyclic) bond motifs is 4. The maximum atomic E-state index is 13.0. The maximum Gasteiger partial charge on any atom is 0.214 e. The molecule has 114 valence electrons. The zero-order chi connectivity index (χ0) is 16.4. The van der Waals surface area contributed by atoms with Crippen LogP contribution in [0.15, 0.2) is 60.7 Å². The predicted molar refractivity (Wildman–Crippen MR) is 96.5 cm³/mol. The summed E-state index contributed by atoms with van der Waals surface area (Å²) in [6.07, 6.45) is 0. The molecule has 1 aliphatic rings. The van der Waals surface area contributed by atoms with Crippen molar-refractivity contribution in [2.24, 2.45) is 7.05 Å². The van der Waals surface area contributed by atoms with Crippen molar-refractivity contribution in [3.63, 3.8) is 0 Å². The first-order valence-corrected chi connectivity index (χ1v) is 8.22. The lowest BCUT2D eigenvalue weighted by Crippen LogP contribution is -2.31. The van der Waals surface area contributed by atoms with Crippen molar-refractivity contribution in [3.05, 3.63) is 76.8 Å². The van der Waals surface area contributed by atoms with E-state index in [4.69, 9.17) is 11.6 Å². The number of para-hydroxylation sites is 1. The van der Waals surface area contributed by atoms with Crippen molar-refractivity contribution in [1.82, 2.24) is 0 Å². The largest absolute Gasteiger partial charge is 0.289 e. The molecule has 5 rings (SSSR count). The van der Waals surface area contributed by atoms with Gasteiger partial charge < -0.3 is 0 Å². The fraction of sp³-hybridized carbons (Fsp3) is 0.0476. The summed E-state index contributed by atoms with van der Waals surface area (Å²) in [5.74, 6) is 0.0425. The molecule has 1 aromatic heterocycles. The molecule has 0 saturated heterocycles. The number of hydrogen-bond acceptors (Lipinski definition) is 1. The van der Waals surface area contributed by atoms with Crippen LogP contribution in [0.3, 0.4) is 0 Å². The topological polar surface area (TPSA) is 20.9 Å². The van der Waals surface area contributed by atoms with Gasteiger partial charge in [-0.1, -0.05) is 35.9 Å². The molecular formula is C21H13ClNO+. The van der Waals surface area contributed by atoms with Gasteiger partial charge in [-0.2, -0.15) is 4.57 Å². The van der Waals surface area contributed by atoms with Gasteiger partial charge in [0.05, 0.1) is 10.8 Å². The van der Waals surface area contributed by atoms with E-state index in [1.54, 1.807) is 6.07 Å². The van der Waals surface area contributed by atoms with Gasteiger partial charge >= 0.3 is 0 Å². The highest BCUT2D eigenvalue weighted by atomic mass is 35.5. The Morgan fingerprint density at radius 2 is 1.62 bits per heavy atom. The van der Waals surface area contributed by atoms with Crippen LogP contribution in [0.5, 0.6) is 0 Å². The van der Waals surface area contributed by atoms with Gasteiger partial charge in [-0.05, 0) is 29.8 Å². The molecule has 0 spiro atoms. The Bertz CT molecular complexity index is 1190. The SMILES string of the molecule is C[n+]1c2ccccc2c2c3c(cccc31)C(=O)c1cc(Cl)ccc1-2. The third-order valence-corrected chi connectivity index (χ3v) is 5.16. The molecule has 1 aliphatic carbocycles. The third-order valence-electron chi connectivity index (χ3n) is 4.93. The van der Waals surface area contributed by atoms with Crippen LogP contribution in [0.4, 0.5) is 0 Å². The van der Waals surface area contributed by atoms with Gasteiger partial charge in [-0.15, -0.1) is 0 Å². The van der Waals surface area contributed by atoms with Crippen molar-refractivity contribution in [3.8, 4) is 11.1 Å². The second-order valence-electron chi connectivity index (χ2n) is 6.17. The Morgan fingerprint density at radius 1 is 0.833 bits per heavy atom. The molecular weight excluding hydrogens is 318 g/mol. The number of hydrogen-bond donors (Lipinski definition) is 0. The highest BCUT2D eigenvalue weighted by Gasteiger charge is 2.30. The van der Waals surface area contributed by atoms with Crippen LogP contribution in [0, 0.1) is 0 Å². The number of benzene rings is 3. The maximum absolute atomic E-state index is 13.0. The molecule has 3 heteroatoms. The number of rotatable bonds is 0. The Kier molecular flexibility index (Phi) is 2.66. The van der Waals surface area contributed by atoms with Gasteiger partial charge in [-0.25, -0.2) is 0 Å². The molecule has 0 radical (unpaired) electrons. The van der Waals surface area contributed by atoms with Gasteiger partial charge in [0.15, 0.2) is 5.78 Å². The highest BCUT2D eigenvalue weighted by molar-refractivity contribution is 6.33. The molecule has 0 aliphatic heterocycles. The van der Waals surface area contributed by atoms with Gasteiger partial charge in [0.1, 0.15) is 7.05 Å². The zero-order valence-electron chi connectivity index (χ0n) is 13.0. The van der Waals surface area contributed by atoms with Crippen molar-refractivity contribution in [2.75, 3.05) is 0 Å². The van der Waals surface area contributed by atoms with Crippen LogP contribution in [0.2, 0.25) is 5.02 Å². The molecule has 2 nitrogen and oxygen atoms in total. The third kappa shape index (κ3) is 1.61. The molecule has 3 aromatic carbocycles. The Labute approximate surface area is 143 Å². The molecule has 0 saturated carbocycles. The fourth-order valence-corrected chi connectivity index (χ4v) is 4.03. The first-order chi connectivity index (χ1) is 11.7. The van der Waals surface area contributed by atoms with Crippen LogP contribution in [0.1, 0.15) is 15.9 Å². The fourth-order valence-electron chi connectivity index (χ4n) is 3.86. The van der Waals surface area contributed by atoms with Gasteiger partial charge in [0.25, 0.3) is 0 Å². The number of pyridine rings is 1. The monoisotopic (exact) mass is 330 g/mol. The van der Waals surface area contributed by atoms with Crippen LogP contribution < -0.4 is 4.57 Å². The van der Waals surface area contributed by atoms with E-state index < -0.39 is 0 Å². The van der Waals surface area contributed by atoms with Gasteiger partial charge in [0.2, 0.25) is 11.0 Å². The molecule has 0 atom stereocenters. The second-order valence-corrected chi connectivity index (χ2v) is 6.61. The Hall–Kier alpha value is -2.71. The standard InChI is InChI=1S/C21H13ClNO/c1-23-17-7-3-2-5-14(17)19-13-10-9-12(22)11-16(13)21(24)15-6-4-8-18(23)20(15)19/h2-11H,1H3/q+1. The quantitative estimate of drug-likeness (QED) is 0.298. The number of carbonyl (C=O) groups excluding carboxylic acids is 1. The summed E-state index contributed by atoms with van der Waals surface area (Å²) in [4.78, 5) is 13.0. The molecule has 0 N–H and O–H groups in total. The summed E-state index contributed by atoms with van der Waals surface area (Å²) < 4.78 is 2.16. The van der Waals surface area contributed by atoms with Crippen molar-refractivity contribution in [2.45, 2.75) is 0 Å². The normalized spacial score (nSPS) is 12.7. The van der Waals surface area contributed by atoms with E-state index in [2.05, 4.69) is 22.8 Å². The summed E-state index contributed by atoms with van der Waals surface area (Å²) in [6.45, 7) is 0.